The first-order valence-corrected chi connectivity index (χ1v) is 9.04. The molecule has 2 amide bonds. The lowest BCUT2D eigenvalue weighted by Crippen LogP contribution is -2.46. The van der Waals surface area contributed by atoms with Crippen LogP contribution in [-0.4, -0.2) is 48.6 Å². The maximum atomic E-state index is 12.1. The molecule has 5 nitrogen and oxygen atoms in total. The molecule has 23 heavy (non-hydrogen) atoms. The van der Waals surface area contributed by atoms with Crippen LogP contribution in [0.15, 0.2) is 12.1 Å². The largest absolute Gasteiger partial charge is 0.378 e. The first kappa shape index (κ1) is 17.9. The van der Waals surface area contributed by atoms with E-state index in [1.807, 2.05) is 37.8 Å². The molecule has 6 heteroatoms. The predicted octanol–water partition coefficient (Wildman–Crippen LogP) is 2.59. The van der Waals surface area contributed by atoms with Gasteiger partial charge < -0.3 is 15.0 Å². The smallest absolute Gasteiger partial charge is 0.261 e. The molecule has 0 atom stereocenters. The summed E-state index contributed by atoms with van der Waals surface area (Å²) in [5, 5.41) is 3.07. The van der Waals surface area contributed by atoms with Gasteiger partial charge in [0.25, 0.3) is 5.91 Å². The summed E-state index contributed by atoms with van der Waals surface area (Å²) in [5.41, 5.74) is 0. The third-order valence-electron chi connectivity index (χ3n) is 3.91. The Kier molecular flexibility index (Phi) is 6.59. The Morgan fingerprint density at radius 1 is 1.35 bits per heavy atom. The van der Waals surface area contributed by atoms with E-state index in [2.05, 4.69) is 5.32 Å². The predicted molar refractivity (Wildman–Crippen MR) is 91.8 cm³/mol. The van der Waals surface area contributed by atoms with E-state index in [9.17, 15) is 9.59 Å². The summed E-state index contributed by atoms with van der Waals surface area (Å²) in [5.74, 6) is 0.141. The van der Waals surface area contributed by atoms with E-state index in [4.69, 9.17) is 4.74 Å². The van der Waals surface area contributed by atoms with E-state index < -0.39 is 0 Å². The number of aryl methyl sites for hydroxylation is 1. The van der Waals surface area contributed by atoms with Crippen LogP contribution in [-0.2, 0) is 9.53 Å². The van der Waals surface area contributed by atoms with Crippen molar-refractivity contribution < 1.29 is 14.3 Å². The van der Waals surface area contributed by atoms with Crippen LogP contribution < -0.4 is 5.32 Å². The molecule has 1 aliphatic heterocycles. The fraction of sp³-hybridized carbons (Fsp3) is 0.647. The minimum atomic E-state index is -0.00166. The van der Waals surface area contributed by atoms with Crippen molar-refractivity contribution in [1.29, 1.82) is 0 Å². The molecule has 2 rings (SSSR count). The molecule has 1 aliphatic rings. The Bertz CT molecular complexity index is 534. The van der Waals surface area contributed by atoms with Gasteiger partial charge in [0, 0.05) is 24.0 Å². The van der Waals surface area contributed by atoms with Crippen molar-refractivity contribution in [2.45, 2.75) is 52.2 Å². The fourth-order valence-corrected chi connectivity index (χ4v) is 3.40. The molecule has 0 aliphatic carbocycles. The quantitative estimate of drug-likeness (QED) is 0.867. The maximum Gasteiger partial charge on any atom is 0.261 e. The van der Waals surface area contributed by atoms with E-state index in [1.165, 1.54) is 11.3 Å². The van der Waals surface area contributed by atoms with Crippen LogP contribution in [0.5, 0.6) is 0 Å². The van der Waals surface area contributed by atoms with Gasteiger partial charge in [-0.2, -0.15) is 0 Å². The molecule has 2 heterocycles. The highest BCUT2D eigenvalue weighted by molar-refractivity contribution is 7.13. The second-order valence-corrected chi connectivity index (χ2v) is 7.50. The molecular weight excluding hydrogens is 312 g/mol. The van der Waals surface area contributed by atoms with Crippen molar-refractivity contribution in [3.63, 3.8) is 0 Å². The van der Waals surface area contributed by atoms with Crippen molar-refractivity contribution in [3.05, 3.63) is 21.9 Å². The Morgan fingerprint density at radius 2 is 2.04 bits per heavy atom. The molecule has 1 saturated heterocycles. The van der Waals surface area contributed by atoms with Gasteiger partial charge in [-0.1, -0.05) is 0 Å². The van der Waals surface area contributed by atoms with Crippen LogP contribution >= 0.6 is 11.3 Å². The van der Waals surface area contributed by atoms with Crippen molar-refractivity contribution in [3.8, 4) is 0 Å². The van der Waals surface area contributed by atoms with E-state index in [0.29, 0.717) is 26.1 Å². The van der Waals surface area contributed by atoms with Gasteiger partial charge in [-0.3, -0.25) is 9.59 Å². The highest BCUT2D eigenvalue weighted by atomic mass is 32.1. The highest BCUT2D eigenvalue weighted by Crippen LogP contribution is 2.17. The number of hydrogen-bond donors (Lipinski definition) is 1. The third kappa shape index (κ3) is 5.62. The van der Waals surface area contributed by atoms with Gasteiger partial charge in [-0.05, 0) is 45.7 Å². The van der Waals surface area contributed by atoms with E-state index in [1.54, 1.807) is 0 Å². The zero-order chi connectivity index (χ0) is 16.8. The van der Waals surface area contributed by atoms with Gasteiger partial charge >= 0.3 is 0 Å². The summed E-state index contributed by atoms with van der Waals surface area (Å²) >= 11 is 1.51. The maximum absolute atomic E-state index is 12.1. The standard InChI is InChI=1S/C17H26N2O3S/c1-12(2)22-11-8-16(20)19-9-6-14(7-10-19)18-17(21)15-5-4-13(3)23-15/h4-5,12,14H,6-11H2,1-3H3,(H,18,21). The van der Waals surface area contributed by atoms with Gasteiger partial charge in [0.2, 0.25) is 5.91 Å². The van der Waals surface area contributed by atoms with Crippen LogP contribution in [0.4, 0.5) is 0 Å². The Hall–Kier alpha value is -1.40. The lowest BCUT2D eigenvalue weighted by Gasteiger charge is -2.32. The molecule has 1 aromatic rings. The van der Waals surface area contributed by atoms with Gasteiger partial charge in [0.05, 0.1) is 24.0 Å². The minimum Gasteiger partial charge on any atom is -0.378 e. The second kappa shape index (κ2) is 8.45. The normalized spacial score (nSPS) is 15.9. The monoisotopic (exact) mass is 338 g/mol. The molecule has 0 aromatic carbocycles. The lowest BCUT2D eigenvalue weighted by atomic mass is 10.0. The van der Waals surface area contributed by atoms with Crippen LogP contribution in [0, 0.1) is 6.92 Å². The molecule has 1 fully saturated rings. The van der Waals surface area contributed by atoms with Gasteiger partial charge in [0.1, 0.15) is 0 Å². The van der Waals surface area contributed by atoms with Crippen molar-refractivity contribution in [2.75, 3.05) is 19.7 Å². The highest BCUT2D eigenvalue weighted by Gasteiger charge is 2.24. The van der Waals surface area contributed by atoms with Crippen LogP contribution in [0.1, 0.15) is 47.7 Å². The summed E-state index contributed by atoms with van der Waals surface area (Å²) in [6.07, 6.45) is 2.22. The first-order chi connectivity index (χ1) is 11.0. The SMILES string of the molecule is Cc1ccc(C(=O)NC2CCN(C(=O)CCOC(C)C)CC2)s1. The van der Waals surface area contributed by atoms with Crippen LogP contribution in [0.3, 0.4) is 0 Å². The lowest BCUT2D eigenvalue weighted by molar-refractivity contribution is -0.133. The fourth-order valence-electron chi connectivity index (χ4n) is 2.63. The molecule has 0 spiro atoms. The number of rotatable bonds is 6. The van der Waals surface area contributed by atoms with Gasteiger partial charge in [-0.25, -0.2) is 0 Å². The summed E-state index contributed by atoms with van der Waals surface area (Å²) in [4.78, 5) is 28.0. The van der Waals surface area contributed by atoms with E-state index in [-0.39, 0.29) is 24.0 Å². The average molecular weight is 338 g/mol. The molecule has 0 unspecified atom stereocenters. The number of ether oxygens (including phenoxy) is 1. The summed E-state index contributed by atoms with van der Waals surface area (Å²) in [7, 11) is 0. The van der Waals surface area contributed by atoms with Crippen molar-refractivity contribution in [2.24, 2.45) is 0 Å². The zero-order valence-electron chi connectivity index (χ0n) is 14.1. The molecule has 0 radical (unpaired) electrons. The van der Waals surface area contributed by atoms with Gasteiger partial charge in [-0.15, -0.1) is 11.3 Å². The average Bonchev–Trinajstić information content (AvgIpc) is 2.94. The number of carbonyl (C=O) groups is 2. The van der Waals surface area contributed by atoms with Crippen LogP contribution in [0.25, 0.3) is 0 Å². The van der Waals surface area contributed by atoms with Gasteiger partial charge in [0.15, 0.2) is 0 Å². The molecule has 0 bridgehead atoms. The van der Waals surface area contributed by atoms with Crippen molar-refractivity contribution in [1.82, 2.24) is 10.2 Å². The number of piperidine rings is 1. The first-order valence-electron chi connectivity index (χ1n) is 8.22. The molecule has 128 valence electrons. The minimum absolute atomic E-state index is 0.00166. The molecule has 1 aromatic heterocycles. The van der Waals surface area contributed by atoms with E-state index >= 15 is 0 Å². The van der Waals surface area contributed by atoms with Crippen molar-refractivity contribution >= 4 is 23.2 Å². The number of nitrogens with zero attached hydrogens (tertiary/aromatic N) is 1. The number of thiophene rings is 1. The molecular formula is C17H26N2O3S. The topological polar surface area (TPSA) is 58.6 Å². The molecule has 0 saturated carbocycles. The molecule has 1 N–H and O–H groups in total. The summed E-state index contributed by atoms with van der Waals surface area (Å²) < 4.78 is 5.42. The summed E-state index contributed by atoms with van der Waals surface area (Å²) in [6, 6.07) is 3.98. The third-order valence-corrected chi connectivity index (χ3v) is 4.91. The Balaban J connectivity index is 1.71. The Morgan fingerprint density at radius 3 is 2.61 bits per heavy atom. The Labute approximate surface area is 142 Å². The van der Waals surface area contributed by atoms with Crippen LogP contribution in [0.2, 0.25) is 0 Å². The number of nitrogens with one attached hydrogen (secondary N) is 1. The zero-order valence-corrected chi connectivity index (χ0v) is 14.9. The second-order valence-electron chi connectivity index (χ2n) is 6.21. The summed E-state index contributed by atoms with van der Waals surface area (Å²) in [6.45, 7) is 7.81. The number of hydrogen-bond acceptors (Lipinski definition) is 4. The number of amides is 2. The van der Waals surface area contributed by atoms with E-state index in [0.717, 1.165) is 22.6 Å². The number of carbonyl (C=O) groups excluding carboxylic acids is 2. The number of likely N-dealkylation sites (tertiary alicyclic amines) is 1.